The van der Waals surface area contributed by atoms with Gasteiger partial charge in [0.1, 0.15) is 23.4 Å². The van der Waals surface area contributed by atoms with Gasteiger partial charge in [0, 0.05) is 12.0 Å². The summed E-state index contributed by atoms with van der Waals surface area (Å²) >= 11 is 6.50. The summed E-state index contributed by atoms with van der Waals surface area (Å²) in [6.45, 7) is 14.7. The minimum atomic E-state index is -1.10. The predicted octanol–water partition coefficient (Wildman–Crippen LogP) is 7.50. The van der Waals surface area contributed by atoms with Crippen molar-refractivity contribution in [3.8, 4) is 5.75 Å². The van der Waals surface area contributed by atoms with Gasteiger partial charge in [0.25, 0.3) is 5.91 Å². The minimum absolute atomic E-state index is 0.0802. The molecule has 0 bridgehead atoms. The summed E-state index contributed by atoms with van der Waals surface area (Å²) in [5.41, 5.74) is 1.78. The van der Waals surface area contributed by atoms with Gasteiger partial charge in [-0.1, -0.05) is 67.1 Å². The van der Waals surface area contributed by atoms with Crippen LogP contribution >= 0.6 is 11.6 Å². The molecule has 3 N–H and O–H groups in total. The summed E-state index contributed by atoms with van der Waals surface area (Å²) in [6, 6.07) is 17.0. The standard InChI is InChI=1S/C35H44ClN3O5/c1-9-35(7,8)39(32(42)28(37-33(43)44-34(4,5)6)21-24-17-19-25(40)20-18-24)30(26-15-11-10-13-22(26)2)31(41)38-29-23(3)14-12-16-27(29)36/h10-20,28,30,40H,9,21H2,1-8H3,(H,37,43)(H,38,41). The molecule has 2 atom stereocenters. The molecule has 0 saturated heterocycles. The molecular weight excluding hydrogens is 578 g/mol. The van der Waals surface area contributed by atoms with E-state index >= 15 is 0 Å². The smallest absolute Gasteiger partial charge is 0.408 e. The van der Waals surface area contributed by atoms with E-state index < -0.39 is 41.1 Å². The monoisotopic (exact) mass is 621 g/mol. The molecule has 3 rings (SSSR count). The van der Waals surface area contributed by atoms with E-state index in [2.05, 4.69) is 10.6 Å². The van der Waals surface area contributed by atoms with Crippen LogP contribution in [-0.4, -0.2) is 45.1 Å². The van der Waals surface area contributed by atoms with Gasteiger partial charge < -0.3 is 25.4 Å². The Balaban J connectivity index is 2.18. The van der Waals surface area contributed by atoms with Crippen LogP contribution in [0.5, 0.6) is 5.75 Å². The maximum absolute atomic E-state index is 14.8. The first-order valence-corrected chi connectivity index (χ1v) is 15.1. The lowest BCUT2D eigenvalue weighted by atomic mass is 9.89. The highest BCUT2D eigenvalue weighted by Gasteiger charge is 2.43. The number of rotatable bonds is 10. The van der Waals surface area contributed by atoms with Crippen LogP contribution in [0.4, 0.5) is 10.5 Å². The molecule has 0 radical (unpaired) electrons. The summed E-state index contributed by atoms with van der Waals surface area (Å²) in [7, 11) is 0. The Morgan fingerprint density at radius 3 is 2.09 bits per heavy atom. The van der Waals surface area contributed by atoms with Crippen LogP contribution in [0.25, 0.3) is 0 Å². The molecule has 3 aromatic rings. The maximum Gasteiger partial charge on any atom is 0.408 e. The number of amides is 3. The first kappa shape index (κ1) is 34.5. The molecule has 3 aromatic carbocycles. The van der Waals surface area contributed by atoms with Gasteiger partial charge in [-0.3, -0.25) is 9.59 Å². The van der Waals surface area contributed by atoms with Gasteiger partial charge in [0.2, 0.25) is 5.91 Å². The fourth-order valence-electron chi connectivity index (χ4n) is 4.90. The quantitative estimate of drug-likeness (QED) is 0.217. The molecule has 0 heterocycles. The largest absolute Gasteiger partial charge is 0.508 e. The number of hydrogen-bond donors (Lipinski definition) is 3. The first-order chi connectivity index (χ1) is 20.5. The van der Waals surface area contributed by atoms with E-state index in [4.69, 9.17) is 16.3 Å². The predicted molar refractivity (Wildman–Crippen MR) is 175 cm³/mol. The molecule has 8 nitrogen and oxygen atoms in total. The van der Waals surface area contributed by atoms with E-state index in [1.165, 1.54) is 12.1 Å². The summed E-state index contributed by atoms with van der Waals surface area (Å²) in [6.07, 6.45) is -0.148. The first-order valence-electron chi connectivity index (χ1n) is 14.8. The third kappa shape index (κ3) is 8.76. The number of hydrogen-bond acceptors (Lipinski definition) is 5. The number of phenols is 1. The second-order valence-corrected chi connectivity index (χ2v) is 13.0. The summed E-state index contributed by atoms with van der Waals surface area (Å²) in [4.78, 5) is 43.9. The second-order valence-electron chi connectivity index (χ2n) is 12.6. The SMILES string of the molecule is CCC(C)(C)N(C(=O)C(Cc1ccc(O)cc1)NC(=O)OC(C)(C)C)C(C(=O)Nc1c(C)cccc1Cl)c1ccccc1C. The fourth-order valence-corrected chi connectivity index (χ4v) is 5.17. The highest BCUT2D eigenvalue weighted by atomic mass is 35.5. The number of para-hydroxylation sites is 1. The molecule has 0 saturated carbocycles. The van der Waals surface area contributed by atoms with Crippen molar-refractivity contribution in [2.75, 3.05) is 5.32 Å². The normalized spacial score (nSPS) is 13.0. The fraction of sp³-hybridized carbons (Fsp3) is 0.400. The van der Waals surface area contributed by atoms with E-state index in [-0.39, 0.29) is 12.2 Å². The van der Waals surface area contributed by atoms with Crippen LogP contribution in [-0.2, 0) is 20.7 Å². The number of nitrogens with zero attached hydrogens (tertiary/aromatic N) is 1. The minimum Gasteiger partial charge on any atom is -0.508 e. The van der Waals surface area contributed by atoms with Crippen LogP contribution in [0.1, 0.15) is 76.3 Å². The van der Waals surface area contributed by atoms with Gasteiger partial charge in [-0.15, -0.1) is 0 Å². The van der Waals surface area contributed by atoms with E-state index in [0.29, 0.717) is 28.3 Å². The van der Waals surface area contributed by atoms with Gasteiger partial charge >= 0.3 is 6.09 Å². The summed E-state index contributed by atoms with van der Waals surface area (Å²) in [5, 5.41) is 16.0. The lowest BCUT2D eigenvalue weighted by Gasteiger charge is -2.45. The van der Waals surface area contributed by atoms with E-state index in [0.717, 1.165) is 11.1 Å². The number of aromatic hydroxyl groups is 1. The number of phenolic OH excluding ortho intramolecular Hbond substituents is 1. The zero-order chi connectivity index (χ0) is 32.8. The van der Waals surface area contributed by atoms with Crippen molar-refractivity contribution >= 4 is 35.2 Å². The number of nitrogens with one attached hydrogen (secondary N) is 2. The lowest BCUT2D eigenvalue weighted by Crippen LogP contribution is -2.59. The van der Waals surface area contributed by atoms with Crippen LogP contribution in [0.15, 0.2) is 66.7 Å². The number of carbonyl (C=O) groups is 3. The van der Waals surface area contributed by atoms with Crippen molar-refractivity contribution in [3.05, 3.63) is 94.0 Å². The van der Waals surface area contributed by atoms with Crippen LogP contribution < -0.4 is 10.6 Å². The average molecular weight is 622 g/mol. The van der Waals surface area contributed by atoms with Crippen LogP contribution in [0.3, 0.4) is 0 Å². The Morgan fingerprint density at radius 2 is 1.52 bits per heavy atom. The topological polar surface area (TPSA) is 108 Å². The number of aryl methyl sites for hydroxylation is 2. The molecule has 0 aliphatic heterocycles. The van der Waals surface area contributed by atoms with Crippen molar-refractivity contribution < 1.29 is 24.2 Å². The van der Waals surface area contributed by atoms with Crippen molar-refractivity contribution in [2.45, 2.75) is 91.5 Å². The highest BCUT2D eigenvalue weighted by Crippen LogP contribution is 2.36. The van der Waals surface area contributed by atoms with Gasteiger partial charge in [-0.2, -0.15) is 0 Å². The molecule has 2 unspecified atom stereocenters. The Hall–Kier alpha value is -4.04. The Bertz CT molecular complexity index is 1460. The molecule has 236 valence electrons. The lowest BCUT2D eigenvalue weighted by molar-refractivity contribution is -0.147. The van der Waals surface area contributed by atoms with Gasteiger partial charge in [-0.05, 0) is 95.3 Å². The Labute approximate surface area is 265 Å². The molecule has 44 heavy (non-hydrogen) atoms. The summed E-state index contributed by atoms with van der Waals surface area (Å²) < 4.78 is 5.53. The van der Waals surface area contributed by atoms with Crippen LogP contribution in [0.2, 0.25) is 5.02 Å². The van der Waals surface area contributed by atoms with E-state index in [1.54, 1.807) is 49.9 Å². The molecule has 0 spiro atoms. The second kappa shape index (κ2) is 14.2. The van der Waals surface area contributed by atoms with Crippen LogP contribution in [0, 0.1) is 13.8 Å². The molecular formula is C35H44ClN3O5. The Kier molecular flexibility index (Phi) is 11.1. The number of carbonyl (C=O) groups excluding carboxylic acids is 3. The van der Waals surface area contributed by atoms with Gasteiger partial charge in [-0.25, -0.2) is 4.79 Å². The van der Waals surface area contributed by atoms with Crippen molar-refractivity contribution in [1.82, 2.24) is 10.2 Å². The number of halogens is 1. The molecule has 0 aliphatic rings. The van der Waals surface area contributed by atoms with Gasteiger partial charge in [0.15, 0.2) is 0 Å². The summed E-state index contributed by atoms with van der Waals surface area (Å²) in [5.74, 6) is -0.822. The molecule has 0 aromatic heterocycles. The molecule has 0 aliphatic carbocycles. The van der Waals surface area contributed by atoms with Crippen molar-refractivity contribution in [3.63, 3.8) is 0 Å². The van der Waals surface area contributed by atoms with Crippen molar-refractivity contribution in [2.24, 2.45) is 0 Å². The average Bonchev–Trinajstić information content (AvgIpc) is 2.93. The van der Waals surface area contributed by atoms with E-state index in [1.807, 2.05) is 65.0 Å². The zero-order valence-electron chi connectivity index (χ0n) is 26.8. The molecule has 3 amide bonds. The molecule has 0 fully saturated rings. The number of ether oxygens (including phenoxy) is 1. The van der Waals surface area contributed by atoms with Crippen molar-refractivity contribution in [1.29, 1.82) is 0 Å². The third-order valence-corrected chi connectivity index (χ3v) is 7.89. The maximum atomic E-state index is 14.8. The third-order valence-electron chi connectivity index (χ3n) is 7.58. The number of alkyl carbamates (subject to hydrolysis) is 1. The number of benzene rings is 3. The zero-order valence-corrected chi connectivity index (χ0v) is 27.6. The molecule has 9 heteroatoms. The van der Waals surface area contributed by atoms with Gasteiger partial charge in [0.05, 0.1) is 10.7 Å². The highest BCUT2D eigenvalue weighted by molar-refractivity contribution is 6.34. The Morgan fingerprint density at radius 1 is 0.909 bits per heavy atom. The van der Waals surface area contributed by atoms with E-state index in [9.17, 15) is 19.5 Å². The number of anilines is 1.